The summed E-state index contributed by atoms with van der Waals surface area (Å²) in [6, 6.07) is 1.04. The van der Waals surface area contributed by atoms with E-state index in [0.717, 1.165) is 23.3 Å². The van der Waals surface area contributed by atoms with Crippen molar-refractivity contribution in [1.29, 1.82) is 0 Å². The molecule has 11 heteroatoms. The van der Waals surface area contributed by atoms with Crippen molar-refractivity contribution in [1.82, 2.24) is 15.3 Å². The van der Waals surface area contributed by atoms with Gasteiger partial charge < -0.3 is 21.1 Å². The molecule has 0 spiro atoms. The Kier molecular flexibility index (Phi) is 9.25. The number of carbonyl (C=O) groups is 3. The predicted octanol–water partition coefficient (Wildman–Crippen LogP) is 3.77. The Labute approximate surface area is 233 Å². The molecule has 2 atom stereocenters. The van der Waals surface area contributed by atoms with Crippen molar-refractivity contribution >= 4 is 40.8 Å². The Morgan fingerprint density at radius 2 is 1.92 bits per heavy atom. The molecule has 0 bridgehead atoms. The summed E-state index contributed by atoms with van der Waals surface area (Å²) in [5, 5.41) is 6.08. The van der Waals surface area contributed by atoms with Gasteiger partial charge in [0.1, 0.15) is 11.4 Å². The molecule has 0 radical (unpaired) electrons. The van der Waals surface area contributed by atoms with E-state index in [1.807, 2.05) is 13.0 Å². The molecule has 2 aromatic rings. The van der Waals surface area contributed by atoms with Crippen molar-refractivity contribution in [2.75, 3.05) is 17.6 Å². The second-order valence-electron chi connectivity index (χ2n) is 12.3. The lowest BCUT2D eigenvalue weighted by molar-refractivity contribution is -0.155. The largest absolute Gasteiger partial charge is 0.460 e. The highest BCUT2D eigenvalue weighted by atomic mass is 32.1. The zero-order valence-electron chi connectivity index (χ0n) is 23.9. The topological polar surface area (TPSA) is 156 Å². The lowest BCUT2D eigenvalue weighted by Crippen LogP contribution is -2.45. The second-order valence-corrected chi connectivity index (χ2v) is 13.4. The molecule has 1 amide bonds. The van der Waals surface area contributed by atoms with Crippen LogP contribution in [0, 0.1) is 18.3 Å². The van der Waals surface area contributed by atoms with E-state index >= 15 is 0 Å². The van der Waals surface area contributed by atoms with E-state index in [-0.39, 0.29) is 42.0 Å². The number of amides is 1. The van der Waals surface area contributed by atoms with Crippen LogP contribution in [0.2, 0.25) is 0 Å². The van der Waals surface area contributed by atoms with Gasteiger partial charge in [0.05, 0.1) is 16.5 Å². The molecular weight excluding hydrogens is 518 g/mol. The molecule has 0 fully saturated rings. The third kappa shape index (κ3) is 8.39. The number of aromatic nitrogens is 2. The molecular formula is C28H41N5O5S. The van der Waals surface area contributed by atoms with Gasteiger partial charge in [-0.1, -0.05) is 20.8 Å². The SMILES string of the molecule is Cc1cc(C(=O)N[C@@H](CCC(=O)OC(C)(C)C)C(=O)C(C)(C)C)sc1CC[C@@H]1CNc2nc(N)[nH]c(=O)c2C1. The maximum Gasteiger partial charge on any atom is 0.306 e. The predicted molar refractivity (Wildman–Crippen MR) is 153 cm³/mol. The number of nitrogens with one attached hydrogen (secondary N) is 3. The van der Waals surface area contributed by atoms with Crippen LogP contribution < -0.4 is 21.9 Å². The summed E-state index contributed by atoms with van der Waals surface area (Å²) in [6.07, 6.45) is 2.40. The number of nitrogens with zero attached hydrogens (tertiary/aromatic N) is 1. The number of anilines is 2. The van der Waals surface area contributed by atoms with Gasteiger partial charge in [0, 0.05) is 23.3 Å². The van der Waals surface area contributed by atoms with E-state index in [9.17, 15) is 19.2 Å². The number of Topliss-reactive ketones (excluding diaryl/α,β-unsaturated/α-hetero) is 1. The van der Waals surface area contributed by atoms with Gasteiger partial charge in [-0.2, -0.15) is 4.98 Å². The minimum Gasteiger partial charge on any atom is -0.460 e. The van der Waals surface area contributed by atoms with E-state index in [1.54, 1.807) is 41.5 Å². The van der Waals surface area contributed by atoms with Gasteiger partial charge in [-0.15, -0.1) is 11.3 Å². The van der Waals surface area contributed by atoms with Crippen LogP contribution >= 0.6 is 11.3 Å². The first-order chi connectivity index (χ1) is 18.0. The molecule has 3 rings (SSSR count). The molecule has 5 N–H and O–H groups in total. The lowest BCUT2D eigenvalue weighted by Gasteiger charge is -2.26. The summed E-state index contributed by atoms with van der Waals surface area (Å²) in [5.74, 6) is 0.0165. The summed E-state index contributed by atoms with van der Waals surface area (Å²) in [4.78, 5) is 59.2. The molecule has 3 heterocycles. The summed E-state index contributed by atoms with van der Waals surface area (Å²) >= 11 is 1.41. The number of hydrogen-bond donors (Lipinski definition) is 4. The highest BCUT2D eigenvalue weighted by Gasteiger charge is 2.32. The molecule has 1 aliphatic heterocycles. The number of esters is 1. The Morgan fingerprint density at radius 1 is 1.23 bits per heavy atom. The number of thiophene rings is 1. The number of H-pyrrole nitrogens is 1. The standard InChI is InChI=1S/C28H41N5O5S/c1-15-12-20(25(37)31-18(22(35)27(2,3)4)9-11-21(34)38-28(5,6)7)39-19(15)10-8-16-13-17-23(30-14-16)32-26(29)33-24(17)36/h12,16,18H,8-11,13-14H2,1-7H3,(H,31,37)(H4,29,30,32,33,36)/t16-,18-/m0/s1. The molecule has 0 saturated carbocycles. The van der Waals surface area contributed by atoms with Crippen LogP contribution in [0.3, 0.4) is 0 Å². The number of aryl methyl sites for hydroxylation is 2. The monoisotopic (exact) mass is 559 g/mol. The minimum absolute atomic E-state index is 0.0300. The van der Waals surface area contributed by atoms with E-state index in [0.29, 0.717) is 29.2 Å². The second kappa shape index (κ2) is 11.9. The maximum atomic E-state index is 13.2. The van der Waals surface area contributed by atoms with Crippen molar-refractivity contribution in [3.05, 3.63) is 37.3 Å². The summed E-state index contributed by atoms with van der Waals surface area (Å²) in [6.45, 7) is 13.4. The molecule has 214 valence electrons. The van der Waals surface area contributed by atoms with Gasteiger partial charge in [-0.25, -0.2) is 0 Å². The van der Waals surface area contributed by atoms with Crippen molar-refractivity contribution in [2.45, 2.75) is 92.2 Å². The van der Waals surface area contributed by atoms with Crippen LogP contribution in [-0.2, 0) is 27.2 Å². The molecule has 2 aromatic heterocycles. The van der Waals surface area contributed by atoms with Crippen LogP contribution in [0.25, 0.3) is 0 Å². The van der Waals surface area contributed by atoms with Gasteiger partial charge in [0.2, 0.25) is 5.95 Å². The molecule has 0 unspecified atom stereocenters. The number of ether oxygens (including phenoxy) is 1. The van der Waals surface area contributed by atoms with Crippen LogP contribution in [0.4, 0.5) is 11.8 Å². The zero-order chi connectivity index (χ0) is 29.1. The summed E-state index contributed by atoms with van der Waals surface area (Å²) in [5.41, 5.74) is 5.74. The number of carbonyl (C=O) groups excluding carboxylic acids is 3. The van der Waals surface area contributed by atoms with E-state index in [2.05, 4.69) is 20.6 Å². The number of fused-ring (bicyclic) bond motifs is 1. The summed E-state index contributed by atoms with van der Waals surface area (Å²) in [7, 11) is 0. The molecule has 10 nitrogen and oxygen atoms in total. The number of aromatic amines is 1. The van der Waals surface area contributed by atoms with Crippen molar-refractivity contribution in [3.8, 4) is 0 Å². The fourth-order valence-corrected chi connectivity index (χ4v) is 5.64. The van der Waals surface area contributed by atoms with Crippen molar-refractivity contribution < 1.29 is 19.1 Å². The highest BCUT2D eigenvalue weighted by Crippen LogP contribution is 2.28. The van der Waals surface area contributed by atoms with Crippen LogP contribution in [0.1, 0.15) is 86.5 Å². The average Bonchev–Trinajstić information content (AvgIpc) is 3.18. The Balaban J connectivity index is 1.64. The highest BCUT2D eigenvalue weighted by molar-refractivity contribution is 7.14. The Hall–Kier alpha value is -3.21. The van der Waals surface area contributed by atoms with Gasteiger partial charge >= 0.3 is 5.97 Å². The molecule has 1 aliphatic rings. The van der Waals surface area contributed by atoms with Crippen LogP contribution in [0.15, 0.2) is 10.9 Å². The Bertz CT molecular complexity index is 1280. The van der Waals surface area contributed by atoms with Gasteiger partial charge in [0.25, 0.3) is 11.5 Å². The lowest BCUT2D eigenvalue weighted by atomic mass is 9.85. The first-order valence-corrected chi connectivity index (χ1v) is 14.1. The van der Waals surface area contributed by atoms with Crippen molar-refractivity contribution in [3.63, 3.8) is 0 Å². The van der Waals surface area contributed by atoms with Crippen LogP contribution in [0.5, 0.6) is 0 Å². The third-order valence-electron chi connectivity index (χ3n) is 6.53. The normalized spacial score (nSPS) is 16.1. The van der Waals surface area contributed by atoms with E-state index in [1.165, 1.54) is 11.3 Å². The maximum absolute atomic E-state index is 13.2. The zero-order valence-corrected chi connectivity index (χ0v) is 24.8. The van der Waals surface area contributed by atoms with Gasteiger partial charge in [0.15, 0.2) is 5.78 Å². The quantitative estimate of drug-likeness (QED) is 0.338. The Morgan fingerprint density at radius 3 is 2.56 bits per heavy atom. The van der Waals surface area contributed by atoms with E-state index < -0.39 is 23.0 Å². The van der Waals surface area contributed by atoms with Crippen LogP contribution in [-0.4, -0.2) is 45.8 Å². The first kappa shape index (κ1) is 30.3. The van der Waals surface area contributed by atoms with E-state index in [4.69, 9.17) is 10.5 Å². The number of nitrogen functional groups attached to an aromatic ring is 1. The number of ketones is 1. The third-order valence-corrected chi connectivity index (χ3v) is 7.82. The molecule has 0 aliphatic carbocycles. The number of hydrogen-bond acceptors (Lipinski definition) is 9. The molecule has 0 aromatic carbocycles. The summed E-state index contributed by atoms with van der Waals surface area (Å²) < 4.78 is 5.38. The first-order valence-electron chi connectivity index (χ1n) is 13.3. The fourth-order valence-electron chi connectivity index (χ4n) is 4.55. The minimum atomic E-state index is -0.801. The van der Waals surface area contributed by atoms with Gasteiger partial charge in [-0.05, 0) is 70.9 Å². The molecule has 39 heavy (non-hydrogen) atoms. The molecule has 0 saturated heterocycles. The number of rotatable bonds is 9. The van der Waals surface area contributed by atoms with Crippen molar-refractivity contribution in [2.24, 2.45) is 11.3 Å². The van der Waals surface area contributed by atoms with Gasteiger partial charge in [-0.3, -0.25) is 24.2 Å². The number of nitrogens with two attached hydrogens (primary N) is 1. The fraction of sp³-hybridized carbons (Fsp3) is 0.607. The smallest absolute Gasteiger partial charge is 0.306 e. The average molecular weight is 560 g/mol.